The number of rotatable bonds is 8. The van der Waals surface area contributed by atoms with E-state index in [9.17, 15) is 0 Å². The molecule has 1 aliphatic heterocycles. The van der Waals surface area contributed by atoms with Crippen molar-refractivity contribution in [3.63, 3.8) is 0 Å². The molecule has 0 amide bonds. The van der Waals surface area contributed by atoms with E-state index in [2.05, 4.69) is 55.2 Å². The summed E-state index contributed by atoms with van der Waals surface area (Å²) in [7, 11) is 0. The highest BCUT2D eigenvalue weighted by Gasteiger charge is 2.13. The molecule has 8 heteroatoms. The summed E-state index contributed by atoms with van der Waals surface area (Å²) in [5, 5.41) is 14.8. The minimum absolute atomic E-state index is 0.630. The van der Waals surface area contributed by atoms with Gasteiger partial charge in [0, 0.05) is 45.3 Å². The van der Waals surface area contributed by atoms with E-state index in [-0.39, 0.29) is 0 Å². The molecule has 3 heterocycles. The van der Waals surface area contributed by atoms with Crippen LogP contribution in [0.1, 0.15) is 38.1 Å². The minimum atomic E-state index is 0.630. The van der Waals surface area contributed by atoms with Crippen LogP contribution in [-0.4, -0.2) is 51.9 Å². The lowest BCUT2D eigenvalue weighted by molar-refractivity contribution is 0.632. The van der Waals surface area contributed by atoms with Crippen LogP contribution in [0.25, 0.3) is 0 Å². The van der Waals surface area contributed by atoms with Gasteiger partial charge in [0.15, 0.2) is 5.96 Å². The van der Waals surface area contributed by atoms with Crippen LogP contribution in [0, 0.1) is 0 Å². The number of guanidine groups is 1. The molecule has 0 aromatic carbocycles. The Labute approximate surface area is 161 Å². The van der Waals surface area contributed by atoms with Gasteiger partial charge in [-0.25, -0.2) is 9.98 Å². The molecule has 0 aliphatic carbocycles. The summed E-state index contributed by atoms with van der Waals surface area (Å²) in [6.07, 6.45) is 7.06. The lowest BCUT2D eigenvalue weighted by Crippen LogP contribution is -2.38. The second-order valence-electron chi connectivity index (χ2n) is 6.63. The average Bonchev–Trinajstić information content (AvgIpc) is 3.38. The fourth-order valence-electron chi connectivity index (χ4n) is 3.22. The second kappa shape index (κ2) is 9.89. The summed E-state index contributed by atoms with van der Waals surface area (Å²) in [5.74, 6) is 2.89. The third kappa shape index (κ3) is 5.42. The summed E-state index contributed by atoms with van der Waals surface area (Å²) in [5.41, 5.74) is 1.18. The second-order valence-corrected chi connectivity index (χ2v) is 6.63. The molecular weight excluding hydrogens is 340 g/mol. The predicted molar refractivity (Wildman–Crippen MR) is 108 cm³/mol. The van der Waals surface area contributed by atoms with Crippen LogP contribution in [-0.2, 0) is 19.5 Å². The lowest BCUT2D eigenvalue weighted by atomic mass is 10.2. The first kappa shape index (κ1) is 19.1. The molecule has 0 radical (unpaired) electrons. The highest BCUT2D eigenvalue weighted by Crippen LogP contribution is 2.18. The maximum absolute atomic E-state index is 4.72. The van der Waals surface area contributed by atoms with Crippen LogP contribution < -0.4 is 15.5 Å². The normalized spacial score (nSPS) is 14.6. The number of nitrogens with zero attached hydrogens (tertiary/aromatic N) is 6. The Balaban J connectivity index is 1.56. The first-order valence-electron chi connectivity index (χ1n) is 9.89. The van der Waals surface area contributed by atoms with Gasteiger partial charge < -0.3 is 20.1 Å². The summed E-state index contributed by atoms with van der Waals surface area (Å²) < 4.78 is 2.07. The first-order valence-corrected chi connectivity index (χ1v) is 9.89. The van der Waals surface area contributed by atoms with Gasteiger partial charge in [-0.15, -0.1) is 10.2 Å². The topological polar surface area (TPSA) is 83.3 Å². The molecule has 146 valence electrons. The number of hydrogen-bond acceptors (Lipinski definition) is 5. The van der Waals surface area contributed by atoms with E-state index < -0.39 is 0 Å². The maximum atomic E-state index is 4.72. The number of nitrogens with one attached hydrogen (secondary N) is 2. The number of aliphatic imine (C=N–C) groups is 1. The Kier molecular flexibility index (Phi) is 7.01. The number of anilines is 1. The third-order valence-corrected chi connectivity index (χ3v) is 4.66. The average molecular weight is 371 g/mol. The summed E-state index contributed by atoms with van der Waals surface area (Å²) >= 11 is 0. The Hall–Kier alpha value is -2.64. The largest absolute Gasteiger partial charge is 0.357 e. The van der Waals surface area contributed by atoms with Gasteiger partial charge in [0.2, 0.25) is 0 Å². The van der Waals surface area contributed by atoms with E-state index in [4.69, 9.17) is 4.99 Å². The zero-order valence-corrected chi connectivity index (χ0v) is 16.4. The van der Waals surface area contributed by atoms with Crippen molar-refractivity contribution < 1.29 is 0 Å². The van der Waals surface area contributed by atoms with Crippen molar-refractivity contribution in [1.29, 1.82) is 0 Å². The van der Waals surface area contributed by atoms with Gasteiger partial charge in [-0.1, -0.05) is 6.92 Å². The molecule has 3 rings (SSSR count). The van der Waals surface area contributed by atoms with Crippen LogP contribution in [0.4, 0.5) is 5.82 Å². The van der Waals surface area contributed by atoms with Gasteiger partial charge in [0.1, 0.15) is 18.0 Å². The van der Waals surface area contributed by atoms with Crippen molar-refractivity contribution in [3.8, 4) is 0 Å². The van der Waals surface area contributed by atoms with Crippen LogP contribution in [0.2, 0.25) is 0 Å². The highest BCUT2D eigenvalue weighted by atomic mass is 15.3. The maximum Gasteiger partial charge on any atom is 0.191 e. The summed E-state index contributed by atoms with van der Waals surface area (Å²) in [6.45, 7) is 9.41. The number of pyridine rings is 1. The van der Waals surface area contributed by atoms with Gasteiger partial charge in [0.05, 0.1) is 6.54 Å². The van der Waals surface area contributed by atoms with Crippen molar-refractivity contribution in [3.05, 3.63) is 36.0 Å². The quantitative estimate of drug-likeness (QED) is 0.542. The molecule has 1 aliphatic rings. The standard InChI is InChI=1S/C19H30N8/c1-3-17-25-24-15-27(17)12-9-22-19(20-4-2)23-14-16-7-8-21-18(13-16)26-10-5-6-11-26/h7-8,13,15H,3-6,9-12,14H2,1-2H3,(H2,20,22,23). The molecule has 0 spiro atoms. The Morgan fingerprint density at radius 3 is 2.85 bits per heavy atom. The van der Waals surface area contributed by atoms with E-state index in [1.807, 2.05) is 12.3 Å². The molecule has 2 N–H and O–H groups in total. The van der Waals surface area contributed by atoms with E-state index in [0.29, 0.717) is 6.54 Å². The number of aryl methyl sites for hydroxylation is 1. The molecule has 1 fully saturated rings. The molecule has 0 saturated carbocycles. The van der Waals surface area contributed by atoms with Gasteiger partial charge in [-0.3, -0.25) is 0 Å². The molecule has 2 aromatic heterocycles. The Bertz CT molecular complexity index is 733. The van der Waals surface area contributed by atoms with Crippen LogP contribution in [0.15, 0.2) is 29.6 Å². The summed E-state index contributed by atoms with van der Waals surface area (Å²) in [4.78, 5) is 11.6. The molecule has 8 nitrogen and oxygen atoms in total. The molecule has 0 bridgehead atoms. The number of hydrogen-bond donors (Lipinski definition) is 2. The molecule has 1 saturated heterocycles. The first-order chi connectivity index (χ1) is 13.3. The molecule has 0 unspecified atom stereocenters. The molecule has 27 heavy (non-hydrogen) atoms. The minimum Gasteiger partial charge on any atom is -0.357 e. The predicted octanol–water partition coefficient (Wildman–Crippen LogP) is 1.59. The van der Waals surface area contributed by atoms with Gasteiger partial charge in [-0.05, 0) is 37.5 Å². The summed E-state index contributed by atoms with van der Waals surface area (Å²) in [6, 6.07) is 4.19. The van der Waals surface area contributed by atoms with E-state index >= 15 is 0 Å². The van der Waals surface area contributed by atoms with Gasteiger partial charge >= 0.3 is 0 Å². The fraction of sp³-hybridized carbons (Fsp3) is 0.579. The smallest absolute Gasteiger partial charge is 0.191 e. The van der Waals surface area contributed by atoms with Crippen LogP contribution in [0.3, 0.4) is 0 Å². The monoisotopic (exact) mass is 370 g/mol. The molecule has 2 aromatic rings. The van der Waals surface area contributed by atoms with Crippen LogP contribution >= 0.6 is 0 Å². The van der Waals surface area contributed by atoms with Crippen molar-refractivity contribution in [2.45, 2.75) is 46.2 Å². The SMILES string of the molecule is CCNC(=NCc1ccnc(N2CCCC2)c1)NCCn1cnnc1CC. The van der Waals surface area contributed by atoms with Gasteiger partial charge in [-0.2, -0.15) is 0 Å². The van der Waals surface area contributed by atoms with Crippen LogP contribution in [0.5, 0.6) is 0 Å². The van der Waals surface area contributed by atoms with Crippen molar-refractivity contribution in [2.75, 3.05) is 31.1 Å². The van der Waals surface area contributed by atoms with E-state index in [1.165, 1.54) is 18.4 Å². The third-order valence-electron chi connectivity index (χ3n) is 4.66. The Morgan fingerprint density at radius 1 is 1.22 bits per heavy atom. The van der Waals surface area contributed by atoms with E-state index in [1.54, 1.807) is 6.33 Å². The lowest BCUT2D eigenvalue weighted by Gasteiger charge is -2.16. The van der Waals surface area contributed by atoms with Crippen molar-refractivity contribution in [2.24, 2.45) is 4.99 Å². The van der Waals surface area contributed by atoms with Gasteiger partial charge in [0.25, 0.3) is 0 Å². The number of aromatic nitrogens is 4. The van der Waals surface area contributed by atoms with Crippen molar-refractivity contribution >= 4 is 11.8 Å². The highest BCUT2D eigenvalue weighted by molar-refractivity contribution is 5.79. The fourth-order valence-corrected chi connectivity index (χ4v) is 3.22. The molecule has 0 atom stereocenters. The zero-order valence-electron chi connectivity index (χ0n) is 16.4. The van der Waals surface area contributed by atoms with Crippen molar-refractivity contribution in [1.82, 2.24) is 30.4 Å². The van der Waals surface area contributed by atoms with E-state index in [0.717, 1.165) is 56.7 Å². The molecular formula is C19H30N8. The zero-order chi connectivity index (χ0) is 18.9. The Morgan fingerprint density at radius 2 is 2.07 bits per heavy atom.